The maximum absolute atomic E-state index is 12.8. The SMILES string of the molecule is Cc1cc(=O)c2c(OC[C@@H](O)C(C)(C)O)ncc(Cl)c2n1-c1c(Cl)cccc1Cl. The van der Waals surface area contributed by atoms with Gasteiger partial charge in [0.15, 0.2) is 5.43 Å². The van der Waals surface area contributed by atoms with Gasteiger partial charge in [-0.15, -0.1) is 0 Å². The van der Waals surface area contributed by atoms with Crippen LogP contribution < -0.4 is 10.2 Å². The summed E-state index contributed by atoms with van der Waals surface area (Å²) in [4.78, 5) is 16.9. The Labute approximate surface area is 182 Å². The molecule has 1 aromatic carbocycles. The summed E-state index contributed by atoms with van der Waals surface area (Å²) >= 11 is 19.2. The van der Waals surface area contributed by atoms with E-state index in [1.807, 2.05) is 0 Å². The lowest BCUT2D eigenvalue weighted by Gasteiger charge is -2.24. The van der Waals surface area contributed by atoms with Crippen molar-refractivity contribution in [2.24, 2.45) is 0 Å². The molecule has 3 aromatic rings. The van der Waals surface area contributed by atoms with Crippen LogP contribution in [0.25, 0.3) is 16.6 Å². The van der Waals surface area contributed by atoms with Crippen molar-refractivity contribution in [2.45, 2.75) is 32.5 Å². The molecule has 0 spiro atoms. The van der Waals surface area contributed by atoms with E-state index in [0.29, 0.717) is 26.9 Å². The monoisotopic (exact) mass is 456 g/mol. The van der Waals surface area contributed by atoms with Crippen molar-refractivity contribution >= 4 is 45.7 Å². The van der Waals surface area contributed by atoms with Gasteiger partial charge in [-0.1, -0.05) is 40.9 Å². The smallest absolute Gasteiger partial charge is 0.227 e. The van der Waals surface area contributed by atoms with Gasteiger partial charge in [0.25, 0.3) is 0 Å². The van der Waals surface area contributed by atoms with Gasteiger partial charge in [0.2, 0.25) is 5.88 Å². The van der Waals surface area contributed by atoms with E-state index >= 15 is 0 Å². The number of ether oxygens (including phenoxy) is 1. The van der Waals surface area contributed by atoms with E-state index in [4.69, 9.17) is 39.5 Å². The summed E-state index contributed by atoms with van der Waals surface area (Å²) in [5, 5.41) is 21.0. The van der Waals surface area contributed by atoms with Gasteiger partial charge in [0.05, 0.1) is 38.1 Å². The second-order valence-corrected chi connectivity index (χ2v) is 8.39. The zero-order valence-corrected chi connectivity index (χ0v) is 18.2. The molecule has 0 aliphatic heterocycles. The number of halogens is 3. The van der Waals surface area contributed by atoms with Crippen molar-refractivity contribution in [3.05, 3.63) is 61.4 Å². The van der Waals surface area contributed by atoms with E-state index < -0.39 is 11.7 Å². The number of rotatable bonds is 5. The highest BCUT2D eigenvalue weighted by Crippen LogP contribution is 2.35. The fraction of sp³-hybridized carbons (Fsp3) is 0.300. The number of para-hydroxylation sites is 1. The Morgan fingerprint density at radius 1 is 1.21 bits per heavy atom. The lowest BCUT2D eigenvalue weighted by molar-refractivity contribution is -0.0665. The molecule has 0 fully saturated rings. The van der Waals surface area contributed by atoms with Crippen LogP contribution in [-0.4, -0.2) is 38.1 Å². The highest BCUT2D eigenvalue weighted by atomic mass is 35.5. The first-order valence-electron chi connectivity index (χ1n) is 8.71. The van der Waals surface area contributed by atoms with Crippen molar-refractivity contribution in [2.75, 3.05) is 6.61 Å². The third-order valence-electron chi connectivity index (χ3n) is 4.49. The Kier molecular flexibility index (Phi) is 6.13. The molecule has 2 aromatic heterocycles. The molecule has 6 nitrogen and oxygen atoms in total. The summed E-state index contributed by atoms with van der Waals surface area (Å²) in [5.41, 5.74) is -0.388. The van der Waals surface area contributed by atoms with Crippen molar-refractivity contribution in [1.82, 2.24) is 9.55 Å². The first-order valence-corrected chi connectivity index (χ1v) is 9.84. The molecule has 0 saturated carbocycles. The Bertz CT molecular complexity index is 1120. The van der Waals surface area contributed by atoms with Crippen LogP contribution in [0, 0.1) is 6.92 Å². The third kappa shape index (κ3) is 4.22. The Balaban J connectivity index is 2.27. The average Bonchev–Trinajstić information content (AvgIpc) is 2.62. The molecule has 1 atom stereocenters. The lowest BCUT2D eigenvalue weighted by Crippen LogP contribution is -2.40. The average molecular weight is 458 g/mol. The second-order valence-electron chi connectivity index (χ2n) is 7.17. The highest BCUT2D eigenvalue weighted by molar-refractivity contribution is 6.38. The zero-order chi connectivity index (χ0) is 21.5. The molecule has 2 N–H and O–H groups in total. The molecule has 0 bridgehead atoms. The van der Waals surface area contributed by atoms with Gasteiger partial charge < -0.3 is 19.5 Å². The normalized spacial score (nSPS) is 13.0. The minimum absolute atomic E-state index is 0.0189. The minimum atomic E-state index is -1.38. The van der Waals surface area contributed by atoms with E-state index in [1.54, 1.807) is 29.7 Å². The maximum Gasteiger partial charge on any atom is 0.227 e. The molecule has 0 aliphatic carbocycles. The van der Waals surface area contributed by atoms with Crippen LogP contribution >= 0.6 is 34.8 Å². The number of hydrogen-bond donors (Lipinski definition) is 2. The first kappa shape index (κ1) is 21.9. The van der Waals surface area contributed by atoms with Crippen LogP contribution in [0.3, 0.4) is 0 Å². The Hall–Kier alpha value is -1.83. The van der Waals surface area contributed by atoms with E-state index in [-0.39, 0.29) is 28.3 Å². The zero-order valence-electron chi connectivity index (χ0n) is 15.9. The summed E-state index contributed by atoms with van der Waals surface area (Å²) in [5.74, 6) is -0.0189. The molecule has 3 rings (SSSR count). The number of benzene rings is 1. The van der Waals surface area contributed by atoms with E-state index in [9.17, 15) is 15.0 Å². The number of aryl methyl sites for hydroxylation is 1. The topological polar surface area (TPSA) is 84.6 Å². The molecule has 9 heteroatoms. The summed E-state index contributed by atoms with van der Waals surface area (Å²) in [6, 6.07) is 6.47. The van der Waals surface area contributed by atoms with Crippen molar-refractivity contribution in [3.63, 3.8) is 0 Å². The Morgan fingerprint density at radius 2 is 1.83 bits per heavy atom. The number of hydrogen-bond acceptors (Lipinski definition) is 5. The standard InChI is InChI=1S/C20H19Cl3N2O4/c1-10-7-14(26)16-18(25(10)17-11(21)5-4-6-12(17)22)13(23)8-24-19(16)29-9-15(27)20(2,3)28/h4-8,15,27-28H,9H2,1-3H3/t15-/m1/s1. The van der Waals surface area contributed by atoms with Gasteiger partial charge in [-0.25, -0.2) is 4.98 Å². The molecule has 0 amide bonds. The van der Waals surface area contributed by atoms with Crippen molar-refractivity contribution in [1.29, 1.82) is 0 Å². The molecule has 154 valence electrons. The predicted octanol–water partition coefficient (Wildman–Crippen LogP) is 4.16. The first-order chi connectivity index (χ1) is 13.5. The molecule has 0 aliphatic rings. The van der Waals surface area contributed by atoms with Crippen LogP contribution in [0.15, 0.2) is 35.3 Å². The van der Waals surface area contributed by atoms with Gasteiger partial charge >= 0.3 is 0 Å². The van der Waals surface area contributed by atoms with Crippen molar-refractivity contribution in [3.8, 4) is 11.6 Å². The summed E-state index contributed by atoms with van der Waals surface area (Å²) in [7, 11) is 0. The largest absolute Gasteiger partial charge is 0.474 e. The fourth-order valence-electron chi connectivity index (χ4n) is 2.87. The van der Waals surface area contributed by atoms with Gasteiger partial charge in [-0.2, -0.15) is 0 Å². The summed E-state index contributed by atoms with van der Waals surface area (Å²) < 4.78 is 7.25. The second kappa shape index (κ2) is 8.13. The van der Waals surface area contributed by atoms with Crippen LogP contribution in [0.4, 0.5) is 0 Å². The molecule has 0 radical (unpaired) electrons. The minimum Gasteiger partial charge on any atom is -0.474 e. The van der Waals surface area contributed by atoms with E-state index in [2.05, 4.69) is 4.98 Å². The molecule has 29 heavy (non-hydrogen) atoms. The molecule has 0 unspecified atom stereocenters. The Morgan fingerprint density at radius 3 is 2.41 bits per heavy atom. The number of pyridine rings is 2. The summed E-state index contributed by atoms with van der Waals surface area (Å²) in [6.45, 7) is 4.36. The van der Waals surface area contributed by atoms with Crippen LogP contribution in [0.1, 0.15) is 19.5 Å². The quantitative estimate of drug-likeness (QED) is 0.601. The lowest BCUT2D eigenvalue weighted by atomic mass is 10.0. The number of aliphatic hydroxyl groups is 2. The third-order valence-corrected chi connectivity index (χ3v) is 5.38. The molecular formula is C20H19Cl3N2O4. The number of aliphatic hydroxyl groups excluding tert-OH is 1. The number of fused-ring (bicyclic) bond motifs is 1. The highest BCUT2D eigenvalue weighted by Gasteiger charge is 2.26. The van der Waals surface area contributed by atoms with Crippen molar-refractivity contribution < 1.29 is 14.9 Å². The number of aromatic nitrogens is 2. The molecule has 2 heterocycles. The van der Waals surface area contributed by atoms with E-state index in [1.165, 1.54) is 26.1 Å². The molecule has 0 saturated heterocycles. The van der Waals surface area contributed by atoms with E-state index in [0.717, 1.165) is 0 Å². The van der Waals surface area contributed by atoms with Crippen LogP contribution in [0.2, 0.25) is 15.1 Å². The van der Waals surface area contributed by atoms with Crippen LogP contribution in [-0.2, 0) is 0 Å². The van der Waals surface area contributed by atoms with Crippen LogP contribution in [0.5, 0.6) is 5.88 Å². The molecular weight excluding hydrogens is 439 g/mol. The van der Waals surface area contributed by atoms with Gasteiger partial charge in [-0.05, 0) is 32.9 Å². The van der Waals surface area contributed by atoms with Gasteiger partial charge in [0, 0.05) is 11.8 Å². The maximum atomic E-state index is 12.8. The predicted molar refractivity (Wildman–Crippen MR) is 115 cm³/mol. The van der Waals surface area contributed by atoms with Gasteiger partial charge in [0.1, 0.15) is 18.1 Å². The van der Waals surface area contributed by atoms with Gasteiger partial charge in [-0.3, -0.25) is 4.79 Å². The summed E-state index contributed by atoms with van der Waals surface area (Å²) in [6.07, 6.45) is 0.149. The fourth-order valence-corrected chi connectivity index (χ4v) is 3.66. The number of nitrogens with zero attached hydrogens (tertiary/aromatic N) is 2.